The smallest absolute Gasteiger partial charge is 0.336 e. The third-order valence-corrected chi connectivity index (χ3v) is 6.99. The van der Waals surface area contributed by atoms with Crippen LogP contribution in [0.2, 0.25) is 0 Å². The Morgan fingerprint density at radius 3 is 2.46 bits per heavy atom. The number of carbonyl (C=O) groups excluding carboxylic acids is 1. The van der Waals surface area contributed by atoms with Gasteiger partial charge in [-0.25, -0.2) is 9.78 Å². The molecule has 1 amide bonds. The molecule has 0 aliphatic carbocycles. The van der Waals surface area contributed by atoms with Gasteiger partial charge < -0.3 is 15.0 Å². The van der Waals surface area contributed by atoms with Gasteiger partial charge in [-0.2, -0.15) is 12.6 Å². The largest absolute Gasteiger partial charge is 0.478 e. The zero-order valence-corrected chi connectivity index (χ0v) is 22.4. The van der Waals surface area contributed by atoms with Gasteiger partial charge in [0.25, 0.3) is 0 Å². The third kappa shape index (κ3) is 5.88. The fourth-order valence-electron chi connectivity index (χ4n) is 4.63. The molecule has 0 bridgehead atoms. The minimum atomic E-state index is -0.939. The van der Waals surface area contributed by atoms with Crippen molar-refractivity contribution in [3.63, 3.8) is 0 Å². The van der Waals surface area contributed by atoms with Crippen LogP contribution in [-0.2, 0) is 17.8 Å². The van der Waals surface area contributed by atoms with Gasteiger partial charge in [0.2, 0.25) is 5.91 Å². The zero-order chi connectivity index (χ0) is 26.5. The Morgan fingerprint density at radius 1 is 1.05 bits per heavy atom. The molecule has 7 heteroatoms. The second-order valence-electron chi connectivity index (χ2n) is 9.37. The Bertz CT molecular complexity index is 1430. The molecule has 1 heterocycles. The lowest BCUT2D eigenvalue weighted by atomic mass is 9.99. The van der Waals surface area contributed by atoms with E-state index < -0.39 is 5.97 Å². The summed E-state index contributed by atoms with van der Waals surface area (Å²) in [6.45, 7) is 6.81. The third-order valence-electron chi connectivity index (χ3n) is 6.49. The van der Waals surface area contributed by atoms with Gasteiger partial charge in [0.05, 0.1) is 21.8 Å². The summed E-state index contributed by atoms with van der Waals surface area (Å²) >= 11 is 4.44. The number of hydrogen-bond acceptors (Lipinski definition) is 4. The standard InChI is InChI=1S/C30H33N3O3S/c1-4-8-26(37)29(34)31-22-16-19(3)28-25(17-22)33(27(32-28)9-5-2)18-20-12-14-21(15-13-20)23-10-6-7-11-24(23)30(35)36/h6-7,10-17,26,37H,4-5,8-9,18H2,1-3H3,(H,31,34)(H,35,36). The molecule has 192 valence electrons. The first-order chi connectivity index (χ1) is 17.8. The second-order valence-corrected chi connectivity index (χ2v) is 9.99. The number of carbonyl (C=O) groups is 2. The predicted octanol–water partition coefficient (Wildman–Crippen LogP) is 6.75. The molecular weight excluding hydrogens is 482 g/mol. The highest BCUT2D eigenvalue weighted by Crippen LogP contribution is 2.28. The Hall–Kier alpha value is -3.58. The van der Waals surface area contributed by atoms with E-state index in [4.69, 9.17) is 4.98 Å². The highest BCUT2D eigenvalue weighted by Gasteiger charge is 2.17. The first kappa shape index (κ1) is 26.5. The molecule has 0 radical (unpaired) electrons. The molecule has 37 heavy (non-hydrogen) atoms. The first-order valence-corrected chi connectivity index (χ1v) is 13.2. The average molecular weight is 516 g/mol. The van der Waals surface area contributed by atoms with Crippen LogP contribution in [0.5, 0.6) is 0 Å². The van der Waals surface area contributed by atoms with Gasteiger partial charge in [-0.1, -0.05) is 62.7 Å². The van der Waals surface area contributed by atoms with Gasteiger partial charge in [-0.3, -0.25) is 4.79 Å². The van der Waals surface area contributed by atoms with Gasteiger partial charge in [0.1, 0.15) is 5.82 Å². The van der Waals surface area contributed by atoms with Crippen LogP contribution in [0.15, 0.2) is 60.7 Å². The van der Waals surface area contributed by atoms with E-state index in [9.17, 15) is 14.7 Å². The number of nitrogens with zero attached hydrogens (tertiary/aromatic N) is 2. The number of amides is 1. The molecule has 4 aromatic rings. The first-order valence-electron chi connectivity index (χ1n) is 12.7. The molecule has 0 fully saturated rings. The van der Waals surface area contributed by atoms with E-state index in [1.165, 1.54) is 0 Å². The van der Waals surface area contributed by atoms with Crippen molar-refractivity contribution in [3.05, 3.63) is 83.2 Å². The van der Waals surface area contributed by atoms with E-state index in [2.05, 4.69) is 29.4 Å². The number of aromatic nitrogens is 2. The molecule has 2 N–H and O–H groups in total. The van der Waals surface area contributed by atoms with Crippen LogP contribution in [0.4, 0.5) is 5.69 Å². The van der Waals surface area contributed by atoms with Crippen LogP contribution in [-0.4, -0.2) is 31.8 Å². The minimum absolute atomic E-state index is 0.0963. The highest BCUT2D eigenvalue weighted by molar-refractivity contribution is 7.81. The topological polar surface area (TPSA) is 84.2 Å². The molecule has 1 unspecified atom stereocenters. The summed E-state index contributed by atoms with van der Waals surface area (Å²) in [4.78, 5) is 29.2. The van der Waals surface area contributed by atoms with Gasteiger partial charge in [0, 0.05) is 18.7 Å². The number of imidazole rings is 1. The summed E-state index contributed by atoms with van der Waals surface area (Å²) in [6.07, 6.45) is 3.43. The number of anilines is 1. The van der Waals surface area contributed by atoms with Crippen molar-refractivity contribution in [2.75, 3.05) is 5.32 Å². The van der Waals surface area contributed by atoms with E-state index in [0.717, 1.165) is 64.9 Å². The summed E-state index contributed by atoms with van der Waals surface area (Å²) in [5.41, 5.74) is 6.59. The van der Waals surface area contributed by atoms with E-state index in [1.807, 2.05) is 62.4 Å². The van der Waals surface area contributed by atoms with Crippen molar-refractivity contribution in [1.29, 1.82) is 0 Å². The van der Waals surface area contributed by atoms with Gasteiger partial charge in [-0.15, -0.1) is 0 Å². The molecule has 3 aromatic carbocycles. The van der Waals surface area contributed by atoms with Crippen molar-refractivity contribution in [3.8, 4) is 11.1 Å². The molecule has 0 aliphatic rings. The monoisotopic (exact) mass is 515 g/mol. The van der Waals surface area contributed by atoms with Crippen molar-refractivity contribution in [1.82, 2.24) is 9.55 Å². The average Bonchev–Trinajstić information content (AvgIpc) is 3.22. The lowest BCUT2D eigenvalue weighted by Crippen LogP contribution is -2.23. The number of fused-ring (bicyclic) bond motifs is 1. The number of rotatable bonds is 10. The van der Waals surface area contributed by atoms with Crippen LogP contribution in [0.25, 0.3) is 22.2 Å². The van der Waals surface area contributed by atoms with Gasteiger partial charge in [-0.05, 0) is 60.2 Å². The normalized spacial score (nSPS) is 12.0. The van der Waals surface area contributed by atoms with Crippen LogP contribution in [0.3, 0.4) is 0 Å². The maximum absolute atomic E-state index is 12.6. The van der Waals surface area contributed by atoms with E-state index in [1.54, 1.807) is 12.1 Å². The fourth-order valence-corrected chi connectivity index (χ4v) is 4.95. The lowest BCUT2D eigenvalue weighted by Gasteiger charge is -2.13. The summed E-state index contributed by atoms with van der Waals surface area (Å²) in [5, 5.41) is 12.2. The maximum atomic E-state index is 12.6. The molecule has 1 aromatic heterocycles. The number of aryl methyl sites for hydroxylation is 2. The summed E-state index contributed by atoms with van der Waals surface area (Å²) in [5.74, 6) is -0.0330. The fraction of sp³-hybridized carbons (Fsp3) is 0.300. The van der Waals surface area contributed by atoms with E-state index in [0.29, 0.717) is 12.1 Å². The molecule has 4 rings (SSSR count). The molecule has 1 atom stereocenters. The minimum Gasteiger partial charge on any atom is -0.478 e. The molecule has 0 saturated heterocycles. The quantitative estimate of drug-likeness (QED) is 0.204. The number of carboxylic acid groups (broad SMARTS) is 1. The molecule has 0 saturated carbocycles. The van der Waals surface area contributed by atoms with Crippen molar-refractivity contribution < 1.29 is 14.7 Å². The summed E-state index contributed by atoms with van der Waals surface area (Å²) in [7, 11) is 0. The lowest BCUT2D eigenvalue weighted by molar-refractivity contribution is -0.115. The highest BCUT2D eigenvalue weighted by atomic mass is 32.1. The molecule has 0 spiro atoms. The van der Waals surface area contributed by atoms with Gasteiger partial charge in [0.15, 0.2) is 0 Å². The SMILES string of the molecule is CCCc1nc2c(C)cc(NC(=O)C(S)CCC)cc2n1Cc1ccc(-c2ccccc2C(=O)O)cc1. The summed E-state index contributed by atoms with van der Waals surface area (Å²) in [6, 6.07) is 19.0. The number of carboxylic acids is 1. The van der Waals surface area contributed by atoms with Crippen LogP contribution in [0, 0.1) is 6.92 Å². The Morgan fingerprint density at radius 2 is 1.78 bits per heavy atom. The zero-order valence-electron chi connectivity index (χ0n) is 21.5. The second kappa shape index (κ2) is 11.6. The summed E-state index contributed by atoms with van der Waals surface area (Å²) < 4.78 is 2.21. The maximum Gasteiger partial charge on any atom is 0.336 e. The van der Waals surface area contributed by atoms with Crippen LogP contribution >= 0.6 is 12.6 Å². The predicted molar refractivity (Wildman–Crippen MR) is 153 cm³/mol. The number of benzene rings is 3. The van der Waals surface area contributed by atoms with Crippen molar-refractivity contribution in [2.45, 2.75) is 58.2 Å². The molecule has 6 nitrogen and oxygen atoms in total. The molecule has 0 aliphatic heterocycles. The van der Waals surface area contributed by atoms with Crippen LogP contribution < -0.4 is 5.32 Å². The van der Waals surface area contributed by atoms with E-state index in [-0.39, 0.29) is 16.7 Å². The Balaban J connectivity index is 1.68. The Kier molecular flexibility index (Phi) is 8.34. The number of nitrogens with one attached hydrogen (secondary N) is 1. The number of thiol groups is 1. The van der Waals surface area contributed by atoms with Gasteiger partial charge >= 0.3 is 5.97 Å². The Labute approximate surface area is 223 Å². The number of aromatic carboxylic acids is 1. The van der Waals surface area contributed by atoms with Crippen LogP contribution in [0.1, 0.15) is 60.4 Å². The molecular formula is C30H33N3O3S. The van der Waals surface area contributed by atoms with E-state index >= 15 is 0 Å². The van der Waals surface area contributed by atoms with Crippen molar-refractivity contribution in [2.24, 2.45) is 0 Å². The van der Waals surface area contributed by atoms with Crippen molar-refractivity contribution >= 4 is 41.2 Å². The number of hydrogen-bond donors (Lipinski definition) is 3.